The van der Waals surface area contributed by atoms with Crippen molar-refractivity contribution in [2.45, 2.75) is 0 Å². The van der Waals surface area contributed by atoms with Gasteiger partial charge in [-0.15, -0.1) is 0 Å². The van der Waals surface area contributed by atoms with Gasteiger partial charge in [-0.3, -0.25) is 0 Å². The summed E-state index contributed by atoms with van der Waals surface area (Å²) in [4.78, 5) is 15.6. The van der Waals surface area contributed by atoms with E-state index in [0.29, 0.717) is 23.4 Å². The Hall–Kier alpha value is -8.41. The SMILES string of the molecule is C1=CC2C=CC(c3nc(-c4ccc(-c5ccccc5)cc4)nc(-c4ccc(-c5cccc6oc7cc(-c8cccc9oc%10ccccc%10c89)ccc7c56)c5ccccc45)n3)=CC2C=C1. The monoisotopic (exact) mass is 819 g/mol. The Morgan fingerprint density at radius 1 is 0.344 bits per heavy atom. The molecule has 2 aliphatic rings. The molecule has 0 aliphatic heterocycles. The average molecular weight is 820 g/mol. The lowest BCUT2D eigenvalue weighted by Crippen LogP contribution is -2.12. The Morgan fingerprint density at radius 3 is 1.75 bits per heavy atom. The highest BCUT2D eigenvalue weighted by Crippen LogP contribution is 2.44. The molecule has 0 amide bonds. The first kappa shape index (κ1) is 36.3. The van der Waals surface area contributed by atoms with Gasteiger partial charge in [-0.25, -0.2) is 15.0 Å². The van der Waals surface area contributed by atoms with Crippen LogP contribution >= 0.6 is 0 Å². The highest BCUT2D eigenvalue weighted by molar-refractivity contribution is 6.18. The Labute approximate surface area is 368 Å². The third-order valence-corrected chi connectivity index (χ3v) is 12.9. The number of rotatable bonds is 6. The molecule has 64 heavy (non-hydrogen) atoms. The van der Waals surface area contributed by atoms with Gasteiger partial charge in [0.25, 0.3) is 0 Å². The van der Waals surface area contributed by atoms with Crippen LogP contribution in [0.25, 0.3) is 116 Å². The quantitative estimate of drug-likeness (QED) is 0.167. The van der Waals surface area contributed by atoms with Crippen molar-refractivity contribution in [3.05, 3.63) is 218 Å². The van der Waals surface area contributed by atoms with Crippen molar-refractivity contribution in [1.29, 1.82) is 0 Å². The number of furan rings is 2. The Bertz CT molecular complexity index is 3790. The molecule has 0 bridgehead atoms. The van der Waals surface area contributed by atoms with Gasteiger partial charge in [0.1, 0.15) is 22.3 Å². The van der Waals surface area contributed by atoms with Gasteiger partial charge in [-0.1, -0.05) is 176 Å². The minimum Gasteiger partial charge on any atom is -0.456 e. The molecule has 2 unspecified atom stereocenters. The zero-order chi connectivity index (χ0) is 42.1. The summed E-state index contributed by atoms with van der Waals surface area (Å²) in [5.74, 6) is 2.50. The highest BCUT2D eigenvalue weighted by atomic mass is 16.3. The largest absolute Gasteiger partial charge is 0.456 e. The first-order valence-corrected chi connectivity index (χ1v) is 21.8. The lowest BCUT2D eigenvalue weighted by molar-refractivity contribution is 0.662. The zero-order valence-electron chi connectivity index (χ0n) is 34.5. The molecule has 3 heterocycles. The number of fused-ring (bicyclic) bond motifs is 8. The summed E-state index contributed by atoms with van der Waals surface area (Å²) in [7, 11) is 0. The van der Waals surface area contributed by atoms with Crippen LogP contribution in [0.5, 0.6) is 0 Å². The molecule has 13 rings (SSSR count). The van der Waals surface area contributed by atoms with Crippen LogP contribution in [0.3, 0.4) is 0 Å². The number of aromatic nitrogens is 3. The lowest BCUT2D eigenvalue weighted by atomic mass is 9.83. The summed E-state index contributed by atoms with van der Waals surface area (Å²) in [5.41, 5.74) is 13.0. The fraction of sp³-hybridized carbons (Fsp3) is 0.0339. The molecule has 0 saturated heterocycles. The van der Waals surface area contributed by atoms with Gasteiger partial charge in [0.15, 0.2) is 17.5 Å². The predicted molar refractivity (Wildman–Crippen MR) is 261 cm³/mol. The first-order valence-electron chi connectivity index (χ1n) is 21.8. The van der Waals surface area contributed by atoms with Crippen molar-refractivity contribution < 1.29 is 8.83 Å². The van der Waals surface area contributed by atoms with E-state index in [-0.39, 0.29) is 5.92 Å². The van der Waals surface area contributed by atoms with Crippen LogP contribution in [0.15, 0.2) is 221 Å². The van der Waals surface area contributed by atoms with E-state index >= 15 is 0 Å². The predicted octanol–water partition coefficient (Wildman–Crippen LogP) is 15.5. The maximum absolute atomic E-state index is 6.69. The molecule has 5 heteroatoms. The molecular formula is C59H37N3O2. The fourth-order valence-electron chi connectivity index (χ4n) is 9.79. The van der Waals surface area contributed by atoms with Gasteiger partial charge < -0.3 is 8.83 Å². The van der Waals surface area contributed by atoms with Gasteiger partial charge in [0, 0.05) is 50.1 Å². The Kier molecular flexibility index (Phi) is 8.28. The molecule has 8 aromatic carbocycles. The Balaban J connectivity index is 0.943. The third kappa shape index (κ3) is 5.97. The number of para-hydroxylation sites is 1. The van der Waals surface area contributed by atoms with Crippen LogP contribution in [-0.4, -0.2) is 15.0 Å². The first-order chi connectivity index (χ1) is 31.7. The standard InChI is InChI=1S/C59H37N3O2/c1-2-12-36(13-3-1)38-24-27-39(28-25-38)57-60-58(42-29-26-37-14-4-5-15-40(37)34-42)62-59(61-57)48-33-32-46(44-16-6-7-17-45(44)48)47-20-11-23-53-56(47)50-31-30-41(35-54(50)64-53)43-19-10-22-52-55(43)49-18-8-9-21-51(49)63-52/h1-35,37,40H. The van der Waals surface area contributed by atoms with Crippen LogP contribution in [0.2, 0.25) is 0 Å². The second-order valence-corrected chi connectivity index (χ2v) is 16.6. The van der Waals surface area contributed by atoms with Crippen molar-refractivity contribution in [2.24, 2.45) is 11.8 Å². The molecule has 2 aliphatic carbocycles. The van der Waals surface area contributed by atoms with E-state index in [2.05, 4.69) is 188 Å². The maximum atomic E-state index is 6.69. The molecule has 0 saturated carbocycles. The van der Waals surface area contributed by atoms with Crippen molar-refractivity contribution in [3.8, 4) is 56.2 Å². The number of allylic oxidation sites excluding steroid dienone is 8. The van der Waals surface area contributed by atoms with E-state index in [1.807, 2.05) is 24.3 Å². The second kappa shape index (κ2) is 14.6. The molecule has 3 aromatic heterocycles. The minimum absolute atomic E-state index is 0.249. The molecular weight excluding hydrogens is 783 g/mol. The normalized spacial score (nSPS) is 15.7. The number of hydrogen-bond acceptors (Lipinski definition) is 5. The smallest absolute Gasteiger partial charge is 0.164 e. The molecule has 0 radical (unpaired) electrons. The molecule has 0 spiro atoms. The summed E-state index contributed by atoms with van der Waals surface area (Å²) in [6.45, 7) is 0. The number of hydrogen-bond donors (Lipinski definition) is 0. The summed E-state index contributed by atoms with van der Waals surface area (Å²) in [5, 5.41) is 6.52. The maximum Gasteiger partial charge on any atom is 0.164 e. The van der Waals surface area contributed by atoms with E-state index in [4.69, 9.17) is 23.8 Å². The molecule has 5 nitrogen and oxygen atoms in total. The summed E-state index contributed by atoms with van der Waals surface area (Å²) in [6, 6.07) is 59.3. The van der Waals surface area contributed by atoms with Gasteiger partial charge in [0.05, 0.1) is 0 Å². The van der Waals surface area contributed by atoms with Crippen LogP contribution in [0.1, 0.15) is 5.82 Å². The van der Waals surface area contributed by atoms with Crippen LogP contribution in [0.4, 0.5) is 0 Å². The molecule has 2 atom stereocenters. The van der Waals surface area contributed by atoms with Crippen molar-refractivity contribution in [1.82, 2.24) is 15.0 Å². The van der Waals surface area contributed by atoms with E-state index in [0.717, 1.165) is 99.2 Å². The van der Waals surface area contributed by atoms with E-state index < -0.39 is 0 Å². The minimum atomic E-state index is 0.249. The zero-order valence-corrected chi connectivity index (χ0v) is 34.5. The van der Waals surface area contributed by atoms with E-state index in [9.17, 15) is 0 Å². The second-order valence-electron chi connectivity index (χ2n) is 16.6. The van der Waals surface area contributed by atoms with E-state index in [1.54, 1.807) is 0 Å². The van der Waals surface area contributed by atoms with E-state index in [1.165, 1.54) is 5.56 Å². The molecule has 300 valence electrons. The van der Waals surface area contributed by atoms with Crippen molar-refractivity contribution in [3.63, 3.8) is 0 Å². The van der Waals surface area contributed by atoms with Gasteiger partial charge in [-0.05, 0) is 80.6 Å². The summed E-state index contributed by atoms with van der Waals surface area (Å²) >= 11 is 0. The highest BCUT2D eigenvalue weighted by Gasteiger charge is 2.23. The molecule has 0 fully saturated rings. The summed E-state index contributed by atoms with van der Waals surface area (Å²) in [6.07, 6.45) is 15.4. The Morgan fingerprint density at radius 2 is 0.922 bits per heavy atom. The number of nitrogens with zero attached hydrogens (tertiary/aromatic N) is 3. The van der Waals surface area contributed by atoms with Crippen molar-refractivity contribution >= 4 is 60.2 Å². The fourth-order valence-corrected chi connectivity index (χ4v) is 9.79. The van der Waals surface area contributed by atoms with Gasteiger partial charge >= 0.3 is 0 Å². The average Bonchev–Trinajstić information content (AvgIpc) is 3.94. The molecule has 0 N–H and O–H groups in total. The number of benzene rings is 8. The van der Waals surface area contributed by atoms with Crippen LogP contribution in [-0.2, 0) is 0 Å². The van der Waals surface area contributed by atoms with Crippen LogP contribution < -0.4 is 0 Å². The lowest BCUT2D eigenvalue weighted by Gasteiger charge is -2.23. The van der Waals surface area contributed by atoms with Gasteiger partial charge in [0.2, 0.25) is 0 Å². The topological polar surface area (TPSA) is 65.0 Å². The van der Waals surface area contributed by atoms with Gasteiger partial charge in [-0.2, -0.15) is 0 Å². The van der Waals surface area contributed by atoms with Crippen LogP contribution in [0, 0.1) is 11.8 Å². The van der Waals surface area contributed by atoms with Crippen molar-refractivity contribution in [2.75, 3.05) is 0 Å². The third-order valence-electron chi connectivity index (χ3n) is 12.9. The molecule has 11 aromatic rings. The summed E-state index contributed by atoms with van der Waals surface area (Å²) < 4.78 is 12.9.